The number of piperidine rings is 1. The van der Waals surface area contributed by atoms with E-state index in [0.717, 1.165) is 24.1 Å². The number of aryl methyl sites for hydroxylation is 1. The maximum absolute atomic E-state index is 14.7. The van der Waals surface area contributed by atoms with Crippen molar-refractivity contribution in [2.24, 2.45) is 0 Å². The third kappa shape index (κ3) is 6.41. The van der Waals surface area contributed by atoms with Crippen molar-refractivity contribution in [3.63, 3.8) is 0 Å². The third-order valence-electron chi connectivity index (χ3n) is 11.1. The number of carbonyl (C=O) groups is 2. The van der Waals surface area contributed by atoms with Gasteiger partial charge in [0, 0.05) is 46.9 Å². The predicted molar refractivity (Wildman–Crippen MR) is 205 cm³/mol. The normalized spacial score (nSPS) is 17.8. The maximum atomic E-state index is 14.7. The van der Waals surface area contributed by atoms with E-state index >= 15 is 0 Å². The molecule has 1 aliphatic heterocycles. The fourth-order valence-electron chi connectivity index (χ4n) is 8.30. The van der Waals surface area contributed by atoms with Crippen LogP contribution in [0, 0.1) is 6.92 Å². The van der Waals surface area contributed by atoms with Gasteiger partial charge in [0.25, 0.3) is 11.5 Å². The second kappa shape index (κ2) is 13.8. The molecule has 0 radical (unpaired) electrons. The van der Waals surface area contributed by atoms with Gasteiger partial charge in [0.2, 0.25) is 11.7 Å². The predicted octanol–water partition coefficient (Wildman–Crippen LogP) is 5.93. The SMILES string of the molecule is Cc1ncnc(C(=O)N2CCC3(CC2)C[C@@H](C)c2c3c(=O)n3nc(-c4ccc(CN(C)C)c(Cl)c4)nc3n2CC(=O)Nc2ccc(C3CC3)cc2Cl)c1O. The number of aromatic hydroxyl groups is 1. The highest BCUT2D eigenvalue weighted by molar-refractivity contribution is 6.33. The summed E-state index contributed by atoms with van der Waals surface area (Å²) in [6.45, 7) is 4.89. The number of halogens is 2. The van der Waals surface area contributed by atoms with Crippen molar-refractivity contribution in [3.8, 4) is 17.1 Å². The fourth-order valence-corrected chi connectivity index (χ4v) is 8.78. The molecule has 1 saturated carbocycles. The second-order valence-corrected chi connectivity index (χ2v) is 16.1. The average molecular weight is 771 g/mol. The summed E-state index contributed by atoms with van der Waals surface area (Å²) in [6, 6.07) is 11.4. The van der Waals surface area contributed by atoms with Crippen LogP contribution in [0.1, 0.15) is 89.4 Å². The van der Waals surface area contributed by atoms with Gasteiger partial charge in [0.15, 0.2) is 17.3 Å². The zero-order valence-corrected chi connectivity index (χ0v) is 32.1. The van der Waals surface area contributed by atoms with E-state index in [0.29, 0.717) is 83.2 Å². The van der Waals surface area contributed by atoms with Crippen molar-refractivity contribution < 1.29 is 14.7 Å². The van der Waals surface area contributed by atoms with E-state index in [1.165, 1.54) is 16.4 Å². The summed E-state index contributed by atoms with van der Waals surface area (Å²) in [5, 5.41) is 19.3. The lowest BCUT2D eigenvalue weighted by atomic mass is 9.73. The maximum Gasteiger partial charge on any atom is 0.279 e. The minimum atomic E-state index is -0.580. The summed E-state index contributed by atoms with van der Waals surface area (Å²) in [7, 11) is 3.93. The molecule has 5 aromatic rings. The molecule has 1 spiro atoms. The summed E-state index contributed by atoms with van der Waals surface area (Å²) in [5.74, 6) is 0.0295. The Morgan fingerprint density at radius 2 is 1.81 bits per heavy atom. The zero-order chi connectivity index (χ0) is 38.1. The van der Waals surface area contributed by atoms with Crippen LogP contribution in [0.3, 0.4) is 0 Å². The van der Waals surface area contributed by atoms with E-state index in [2.05, 4.69) is 22.2 Å². The topological polar surface area (TPSA) is 151 Å². The van der Waals surface area contributed by atoms with Gasteiger partial charge in [-0.1, -0.05) is 48.3 Å². The van der Waals surface area contributed by atoms with E-state index in [1.54, 1.807) is 17.9 Å². The van der Waals surface area contributed by atoms with Crippen LogP contribution in [-0.4, -0.2) is 83.0 Å². The number of likely N-dealkylation sites (tertiary alicyclic amines) is 1. The van der Waals surface area contributed by atoms with Crippen LogP contribution in [0.15, 0.2) is 47.5 Å². The Labute approximate surface area is 322 Å². The zero-order valence-electron chi connectivity index (χ0n) is 30.6. The Morgan fingerprint density at radius 3 is 2.50 bits per heavy atom. The van der Waals surface area contributed by atoms with Gasteiger partial charge in [0.1, 0.15) is 12.9 Å². The fraction of sp³-hybridized carbons (Fsp3) is 0.410. The standard InChI is InChI=1S/C39H41Cl2N9O4/c1-21-17-39(11-13-48(14-12-39)37(54)32-34(52)22(2)42-20-43-32)31-33(21)49(19-30(51)44-29-10-9-24(15-28(29)41)23-5-6-23)38-45-35(46-50(38)36(31)53)25-7-8-26(18-47(3)4)27(40)16-25/h7-10,15-16,20-21,23,52H,5-6,11-14,17-19H2,1-4H3,(H,44,51)/t21-/m1/s1. The van der Waals surface area contributed by atoms with Gasteiger partial charge in [-0.15, -0.1) is 5.10 Å². The van der Waals surface area contributed by atoms with Crippen molar-refractivity contribution in [2.75, 3.05) is 32.5 Å². The number of anilines is 1. The van der Waals surface area contributed by atoms with Gasteiger partial charge in [-0.25, -0.2) is 9.97 Å². The number of carbonyl (C=O) groups excluding carboxylic acids is 2. The molecular formula is C39H41Cl2N9O4. The van der Waals surface area contributed by atoms with Crippen LogP contribution >= 0.6 is 23.2 Å². The van der Waals surface area contributed by atoms with E-state index < -0.39 is 5.41 Å². The highest BCUT2D eigenvalue weighted by Gasteiger charge is 2.49. The lowest BCUT2D eigenvalue weighted by Gasteiger charge is -2.39. The number of hydrogen-bond donors (Lipinski definition) is 2. The molecular weight excluding hydrogens is 729 g/mol. The Morgan fingerprint density at radius 1 is 1.06 bits per heavy atom. The van der Waals surface area contributed by atoms with E-state index in [4.69, 9.17) is 33.3 Å². The molecule has 2 aromatic carbocycles. The summed E-state index contributed by atoms with van der Waals surface area (Å²) in [4.78, 5) is 58.7. The van der Waals surface area contributed by atoms with Crippen LogP contribution in [-0.2, 0) is 23.3 Å². The van der Waals surface area contributed by atoms with Gasteiger partial charge in [0.05, 0.1) is 16.4 Å². The first kappa shape index (κ1) is 36.1. The van der Waals surface area contributed by atoms with E-state index in [1.807, 2.05) is 53.9 Å². The quantitative estimate of drug-likeness (QED) is 0.196. The molecule has 13 nitrogen and oxygen atoms in total. The average Bonchev–Trinajstić information content (AvgIpc) is 3.82. The van der Waals surface area contributed by atoms with Gasteiger partial charge in [-0.05, 0) is 94.3 Å². The molecule has 280 valence electrons. The number of benzene rings is 2. The molecule has 8 rings (SSSR count). The molecule has 0 unspecified atom stereocenters. The summed E-state index contributed by atoms with van der Waals surface area (Å²) in [6.07, 6.45) is 5.20. The lowest BCUT2D eigenvalue weighted by Crippen LogP contribution is -2.46. The van der Waals surface area contributed by atoms with Crippen LogP contribution in [0.4, 0.5) is 5.69 Å². The molecule has 4 heterocycles. The molecule has 0 bridgehead atoms. The van der Waals surface area contributed by atoms with Crippen molar-refractivity contribution in [3.05, 3.63) is 96.9 Å². The smallest absolute Gasteiger partial charge is 0.279 e. The minimum Gasteiger partial charge on any atom is -0.504 e. The van der Waals surface area contributed by atoms with Crippen LogP contribution in [0.2, 0.25) is 10.0 Å². The molecule has 3 aromatic heterocycles. The molecule has 54 heavy (non-hydrogen) atoms. The number of fused-ring (bicyclic) bond motifs is 3. The molecule has 2 fully saturated rings. The van der Waals surface area contributed by atoms with Crippen molar-refractivity contribution in [1.29, 1.82) is 0 Å². The van der Waals surface area contributed by atoms with Crippen LogP contribution in [0.25, 0.3) is 17.2 Å². The third-order valence-corrected chi connectivity index (χ3v) is 11.8. The van der Waals surface area contributed by atoms with E-state index in [-0.39, 0.29) is 47.1 Å². The highest BCUT2D eigenvalue weighted by atomic mass is 35.5. The number of hydrogen-bond acceptors (Lipinski definition) is 9. The summed E-state index contributed by atoms with van der Waals surface area (Å²) in [5.41, 5.74) is 4.00. The number of nitrogens with one attached hydrogen (secondary N) is 1. The first-order valence-electron chi connectivity index (χ1n) is 18.2. The first-order chi connectivity index (χ1) is 25.8. The molecule has 3 aliphatic rings. The van der Waals surface area contributed by atoms with Gasteiger partial charge >= 0.3 is 0 Å². The summed E-state index contributed by atoms with van der Waals surface area (Å²) < 4.78 is 3.12. The Balaban J connectivity index is 1.18. The van der Waals surface area contributed by atoms with Gasteiger partial charge in [-0.3, -0.25) is 14.4 Å². The Bertz CT molecular complexity index is 2400. The lowest BCUT2D eigenvalue weighted by molar-refractivity contribution is -0.116. The van der Waals surface area contributed by atoms with Gasteiger partial charge < -0.3 is 24.8 Å². The Hall–Kier alpha value is -4.85. The highest BCUT2D eigenvalue weighted by Crippen LogP contribution is 2.50. The van der Waals surface area contributed by atoms with E-state index in [9.17, 15) is 19.5 Å². The molecule has 2 amide bonds. The molecule has 15 heteroatoms. The summed E-state index contributed by atoms with van der Waals surface area (Å²) >= 11 is 13.3. The van der Waals surface area contributed by atoms with Crippen molar-refractivity contribution in [1.82, 2.24) is 38.9 Å². The van der Waals surface area contributed by atoms with Gasteiger partial charge in [-0.2, -0.15) is 9.50 Å². The molecule has 2 N–H and O–H groups in total. The van der Waals surface area contributed by atoms with Crippen molar-refractivity contribution >= 4 is 46.5 Å². The number of nitrogens with zero attached hydrogens (tertiary/aromatic N) is 8. The largest absolute Gasteiger partial charge is 0.504 e. The first-order valence-corrected chi connectivity index (χ1v) is 19.0. The Kier molecular flexibility index (Phi) is 9.22. The minimum absolute atomic E-state index is 0.0407. The monoisotopic (exact) mass is 769 g/mol. The van der Waals surface area contributed by atoms with Crippen molar-refractivity contribution in [2.45, 2.75) is 76.3 Å². The number of rotatable bonds is 8. The number of amides is 2. The molecule has 1 atom stereocenters. The van der Waals surface area contributed by atoms with Crippen LogP contribution in [0.5, 0.6) is 5.75 Å². The molecule has 2 aliphatic carbocycles. The molecule has 1 saturated heterocycles. The number of aromatic nitrogens is 6. The second-order valence-electron chi connectivity index (χ2n) is 15.2. The van der Waals surface area contributed by atoms with Crippen LogP contribution < -0.4 is 10.9 Å².